The van der Waals surface area contributed by atoms with Gasteiger partial charge in [0, 0.05) is 6.07 Å². The molecule has 0 bridgehead atoms. The molecule has 9 heteroatoms. The number of nitrogens with zero attached hydrogens (tertiary/aromatic N) is 2. The van der Waals surface area contributed by atoms with E-state index in [0.717, 1.165) is 6.20 Å². The molecule has 2 N–H and O–H groups in total. The molecule has 1 aromatic rings. The van der Waals surface area contributed by atoms with E-state index in [9.17, 15) is 14.9 Å². The number of nitrogens with one attached hydrogen (secondary N) is 1. The monoisotopic (exact) mass is 291 g/mol. The topological polar surface area (TPSA) is 115 Å². The average molecular weight is 292 g/mol. The third kappa shape index (κ3) is 3.44. The lowest BCUT2D eigenvalue weighted by atomic mass is 10.4. The molecule has 0 saturated heterocycles. The summed E-state index contributed by atoms with van der Waals surface area (Å²) < 4.78 is 0.298. The molecule has 0 unspecified atom stereocenters. The summed E-state index contributed by atoms with van der Waals surface area (Å²) >= 11 is 3.03. The minimum Gasteiger partial charge on any atom is -0.479 e. The molecule has 0 amide bonds. The van der Waals surface area contributed by atoms with Crippen molar-refractivity contribution >= 4 is 33.4 Å². The van der Waals surface area contributed by atoms with Crippen molar-refractivity contribution in [2.75, 3.05) is 12.1 Å². The molecule has 0 atom stereocenters. The van der Waals surface area contributed by atoms with Gasteiger partial charge in [-0.25, -0.2) is 15.3 Å². The second-order valence-electron chi connectivity index (χ2n) is 2.57. The van der Waals surface area contributed by atoms with Crippen LogP contribution in [0, 0.1) is 10.1 Å². The number of pyridine rings is 1. The van der Waals surface area contributed by atoms with Crippen LogP contribution >= 0.6 is 15.9 Å². The Hall–Kier alpha value is -1.74. The van der Waals surface area contributed by atoms with E-state index >= 15 is 0 Å². The van der Waals surface area contributed by atoms with Crippen molar-refractivity contribution in [3.05, 3.63) is 26.9 Å². The lowest BCUT2D eigenvalue weighted by molar-refractivity contribution is -0.385. The lowest BCUT2D eigenvalue weighted by Crippen LogP contribution is -2.12. The van der Waals surface area contributed by atoms with Gasteiger partial charge >= 0.3 is 5.97 Å². The SMILES string of the molecule is O=C(O)CONc1ncc([N+](=O)[O-])cc1Br. The van der Waals surface area contributed by atoms with Crippen LogP contribution in [0.5, 0.6) is 0 Å². The molecule has 0 radical (unpaired) electrons. The predicted molar refractivity (Wildman–Crippen MR) is 55.8 cm³/mol. The molecule has 8 nitrogen and oxygen atoms in total. The number of rotatable bonds is 5. The molecule has 0 aliphatic carbocycles. The number of carboxylic acid groups (broad SMARTS) is 1. The minimum absolute atomic E-state index is 0.159. The van der Waals surface area contributed by atoms with Crippen LogP contribution in [0.4, 0.5) is 11.5 Å². The first-order valence-electron chi connectivity index (χ1n) is 3.90. The summed E-state index contributed by atoms with van der Waals surface area (Å²) in [6.07, 6.45) is 1.03. The van der Waals surface area contributed by atoms with E-state index in [0.29, 0.717) is 4.47 Å². The molecule has 0 saturated carbocycles. The van der Waals surface area contributed by atoms with Crippen molar-refractivity contribution in [3.63, 3.8) is 0 Å². The fourth-order valence-electron chi connectivity index (χ4n) is 0.769. The highest BCUT2D eigenvalue weighted by Gasteiger charge is 2.10. The Bertz CT molecular complexity index is 424. The number of aromatic nitrogens is 1. The molecular formula is C7H6BrN3O5. The molecule has 0 fully saturated rings. The van der Waals surface area contributed by atoms with Gasteiger partial charge in [0.15, 0.2) is 12.4 Å². The van der Waals surface area contributed by atoms with Crippen LogP contribution in [-0.2, 0) is 9.63 Å². The highest BCUT2D eigenvalue weighted by molar-refractivity contribution is 9.10. The van der Waals surface area contributed by atoms with Gasteiger partial charge in [-0.15, -0.1) is 0 Å². The lowest BCUT2D eigenvalue weighted by Gasteiger charge is -2.05. The quantitative estimate of drug-likeness (QED) is 0.618. The zero-order valence-electron chi connectivity index (χ0n) is 7.71. The first kappa shape index (κ1) is 12.3. The fourth-order valence-corrected chi connectivity index (χ4v) is 1.19. The Morgan fingerprint density at radius 3 is 2.94 bits per heavy atom. The predicted octanol–water partition coefficient (Wildman–Crippen LogP) is 1.18. The number of hydrogen-bond donors (Lipinski definition) is 2. The van der Waals surface area contributed by atoms with Crippen LogP contribution in [0.1, 0.15) is 0 Å². The van der Waals surface area contributed by atoms with Gasteiger partial charge in [0.2, 0.25) is 0 Å². The van der Waals surface area contributed by atoms with Gasteiger partial charge in [0.25, 0.3) is 5.69 Å². The number of halogens is 1. The molecule has 1 heterocycles. The van der Waals surface area contributed by atoms with Crippen molar-refractivity contribution < 1.29 is 19.7 Å². The van der Waals surface area contributed by atoms with Crippen molar-refractivity contribution in [1.82, 2.24) is 4.98 Å². The third-order valence-corrected chi connectivity index (χ3v) is 2.01. The second-order valence-corrected chi connectivity index (χ2v) is 3.42. The highest BCUT2D eigenvalue weighted by atomic mass is 79.9. The Labute approximate surface area is 97.5 Å². The molecule has 86 valence electrons. The van der Waals surface area contributed by atoms with E-state index in [1.165, 1.54) is 6.07 Å². The minimum atomic E-state index is -1.15. The van der Waals surface area contributed by atoms with Crippen LogP contribution in [0.15, 0.2) is 16.7 Å². The zero-order valence-corrected chi connectivity index (χ0v) is 9.30. The Morgan fingerprint density at radius 1 is 1.75 bits per heavy atom. The summed E-state index contributed by atoms with van der Waals surface area (Å²) in [5.74, 6) is -0.989. The van der Waals surface area contributed by atoms with E-state index in [1.807, 2.05) is 0 Å². The number of aliphatic carboxylic acids is 1. The number of anilines is 1. The average Bonchev–Trinajstić information content (AvgIpc) is 2.19. The van der Waals surface area contributed by atoms with E-state index in [1.54, 1.807) is 0 Å². The van der Waals surface area contributed by atoms with Gasteiger partial charge in [-0.2, -0.15) is 0 Å². The molecule has 0 aliphatic rings. The molecule has 1 rings (SSSR count). The van der Waals surface area contributed by atoms with Crippen LogP contribution in [0.2, 0.25) is 0 Å². The van der Waals surface area contributed by atoms with E-state index in [2.05, 4.69) is 31.2 Å². The number of carboxylic acids is 1. The molecule has 1 aromatic heterocycles. The number of carbonyl (C=O) groups is 1. The smallest absolute Gasteiger partial charge is 0.332 e. The van der Waals surface area contributed by atoms with Crippen molar-refractivity contribution in [1.29, 1.82) is 0 Å². The van der Waals surface area contributed by atoms with Crippen LogP contribution in [-0.4, -0.2) is 27.6 Å². The van der Waals surface area contributed by atoms with Crippen LogP contribution < -0.4 is 5.48 Å². The summed E-state index contributed by atoms with van der Waals surface area (Å²) in [6, 6.07) is 1.22. The third-order valence-electron chi connectivity index (χ3n) is 1.40. The van der Waals surface area contributed by atoms with Crippen LogP contribution in [0.25, 0.3) is 0 Å². The summed E-state index contributed by atoms with van der Waals surface area (Å²) in [7, 11) is 0. The van der Waals surface area contributed by atoms with E-state index in [-0.39, 0.29) is 11.5 Å². The Morgan fingerprint density at radius 2 is 2.44 bits per heavy atom. The van der Waals surface area contributed by atoms with Gasteiger partial charge in [0.1, 0.15) is 6.20 Å². The summed E-state index contributed by atoms with van der Waals surface area (Å²) in [5.41, 5.74) is 2.06. The van der Waals surface area contributed by atoms with Crippen molar-refractivity contribution in [2.45, 2.75) is 0 Å². The Balaban J connectivity index is 2.68. The Kier molecular flexibility index (Phi) is 4.14. The first-order valence-corrected chi connectivity index (χ1v) is 4.69. The van der Waals surface area contributed by atoms with Crippen molar-refractivity contribution in [3.8, 4) is 0 Å². The molecule has 0 aromatic carbocycles. The van der Waals surface area contributed by atoms with Gasteiger partial charge in [-0.3, -0.25) is 15.0 Å². The maximum atomic E-state index is 10.4. The maximum absolute atomic E-state index is 10.4. The number of hydrogen-bond acceptors (Lipinski definition) is 6. The van der Waals surface area contributed by atoms with Crippen LogP contribution in [0.3, 0.4) is 0 Å². The molecule has 0 aliphatic heterocycles. The van der Waals surface area contributed by atoms with Crippen molar-refractivity contribution in [2.24, 2.45) is 0 Å². The summed E-state index contributed by atoms with van der Waals surface area (Å²) in [6.45, 7) is -0.550. The molecule has 0 spiro atoms. The van der Waals surface area contributed by atoms with Gasteiger partial charge in [0.05, 0.1) is 9.40 Å². The number of nitro groups is 1. The standard InChI is InChI=1S/C7H6BrN3O5/c8-5-1-4(11(14)15)2-9-7(5)10-16-3-6(12)13/h1-2H,3H2,(H,9,10)(H,12,13). The zero-order chi connectivity index (χ0) is 12.1. The summed E-state index contributed by atoms with van der Waals surface area (Å²) in [4.78, 5) is 28.1. The van der Waals surface area contributed by atoms with Gasteiger partial charge < -0.3 is 5.11 Å². The highest BCUT2D eigenvalue weighted by Crippen LogP contribution is 2.24. The summed E-state index contributed by atoms with van der Waals surface area (Å²) in [5, 5.41) is 18.7. The normalized spacial score (nSPS) is 9.81. The van der Waals surface area contributed by atoms with Gasteiger partial charge in [-0.05, 0) is 15.9 Å². The van der Waals surface area contributed by atoms with Gasteiger partial charge in [-0.1, -0.05) is 0 Å². The fraction of sp³-hybridized carbons (Fsp3) is 0.143. The van der Waals surface area contributed by atoms with E-state index in [4.69, 9.17) is 5.11 Å². The largest absolute Gasteiger partial charge is 0.479 e. The molecule has 16 heavy (non-hydrogen) atoms. The maximum Gasteiger partial charge on any atom is 0.332 e. The van der Waals surface area contributed by atoms with E-state index < -0.39 is 17.5 Å². The molecular weight excluding hydrogens is 286 g/mol. The first-order chi connectivity index (χ1) is 7.50. The second kappa shape index (κ2) is 5.37.